The van der Waals surface area contributed by atoms with Gasteiger partial charge in [-0.2, -0.15) is 0 Å². The van der Waals surface area contributed by atoms with Crippen molar-refractivity contribution in [1.82, 2.24) is 9.80 Å². The molecule has 116 valence electrons. The van der Waals surface area contributed by atoms with Crippen molar-refractivity contribution in [3.63, 3.8) is 0 Å². The lowest BCUT2D eigenvalue weighted by Crippen LogP contribution is -2.41. The fourth-order valence-corrected chi connectivity index (χ4v) is 3.29. The topological polar surface area (TPSA) is 6.48 Å². The van der Waals surface area contributed by atoms with Crippen molar-refractivity contribution in [2.75, 3.05) is 27.2 Å². The first-order chi connectivity index (χ1) is 10.7. The van der Waals surface area contributed by atoms with Gasteiger partial charge in [0.1, 0.15) is 0 Å². The SMILES string of the molecule is CN1CCC(N(C)Cc2ccc(-c3ccccc3)cc2)CC1. The molecule has 1 saturated heterocycles. The molecule has 0 amide bonds. The minimum Gasteiger partial charge on any atom is -0.306 e. The minimum absolute atomic E-state index is 0.727. The molecule has 1 fully saturated rings. The van der Waals surface area contributed by atoms with Crippen molar-refractivity contribution in [3.8, 4) is 11.1 Å². The van der Waals surface area contributed by atoms with Gasteiger partial charge in [-0.15, -0.1) is 0 Å². The summed E-state index contributed by atoms with van der Waals surface area (Å²) in [5, 5.41) is 0. The van der Waals surface area contributed by atoms with Crippen LogP contribution in [-0.4, -0.2) is 43.0 Å². The van der Waals surface area contributed by atoms with Gasteiger partial charge in [0.15, 0.2) is 0 Å². The van der Waals surface area contributed by atoms with Crippen LogP contribution in [0.15, 0.2) is 54.6 Å². The molecular weight excluding hydrogens is 268 g/mol. The second-order valence-electron chi connectivity index (χ2n) is 6.51. The van der Waals surface area contributed by atoms with E-state index in [1.54, 1.807) is 0 Å². The van der Waals surface area contributed by atoms with Crippen LogP contribution in [0.2, 0.25) is 0 Å². The highest BCUT2D eigenvalue weighted by atomic mass is 15.2. The second kappa shape index (κ2) is 7.08. The Bertz CT molecular complexity index is 568. The zero-order chi connectivity index (χ0) is 15.4. The predicted molar refractivity (Wildman–Crippen MR) is 93.9 cm³/mol. The zero-order valence-corrected chi connectivity index (χ0v) is 13.7. The first kappa shape index (κ1) is 15.3. The van der Waals surface area contributed by atoms with E-state index in [9.17, 15) is 0 Å². The summed E-state index contributed by atoms with van der Waals surface area (Å²) in [6.07, 6.45) is 2.57. The maximum absolute atomic E-state index is 2.52. The molecule has 3 rings (SSSR count). The fraction of sp³-hybridized carbons (Fsp3) is 0.400. The average Bonchev–Trinajstić information content (AvgIpc) is 2.57. The molecule has 2 heteroatoms. The third kappa shape index (κ3) is 3.76. The smallest absolute Gasteiger partial charge is 0.0233 e. The highest BCUT2D eigenvalue weighted by molar-refractivity contribution is 5.63. The normalized spacial score (nSPS) is 17.0. The summed E-state index contributed by atoms with van der Waals surface area (Å²) >= 11 is 0. The number of likely N-dealkylation sites (tertiary alicyclic amines) is 1. The Morgan fingerprint density at radius 2 is 1.50 bits per heavy atom. The van der Waals surface area contributed by atoms with E-state index in [0.29, 0.717) is 0 Å². The van der Waals surface area contributed by atoms with Gasteiger partial charge in [-0.1, -0.05) is 54.6 Å². The van der Waals surface area contributed by atoms with Crippen LogP contribution < -0.4 is 0 Å². The van der Waals surface area contributed by atoms with Crippen LogP contribution in [0.4, 0.5) is 0 Å². The molecule has 0 spiro atoms. The molecule has 0 aromatic heterocycles. The first-order valence-electron chi connectivity index (χ1n) is 8.25. The Hall–Kier alpha value is -1.64. The molecule has 0 atom stereocenters. The van der Waals surface area contributed by atoms with Crippen LogP contribution in [-0.2, 0) is 6.54 Å². The Labute approximate surface area is 134 Å². The third-order valence-electron chi connectivity index (χ3n) is 4.80. The van der Waals surface area contributed by atoms with Gasteiger partial charge in [-0.05, 0) is 56.7 Å². The van der Waals surface area contributed by atoms with E-state index in [-0.39, 0.29) is 0 Å². The molecule has 2 nitrogen and oxygen atoms in total. The molecule has 22 heavy (non-hydrogen) atoms. The lowest BCUT2D eigenvalue weighted by atomic mass is 10.0. The maximum Gasteiger partial charge on any atom is 0.0233 e. The minimum atomic E-state index is 0.727. The Balaban J connectivity index is 1.61. The lowest BCUT2D eigenvalue weighted by molar-refractivity contribution is 0.139. The van der Waals surface area contributed by atoms with E-state index in [1.807, 2.05) is 0 Å². The molecule has 0 N–H and O–H groups in total. The van der Waals surface area contributed by atoms with Crippen LogP contribution >= 0.6 is 0 Å². The van der Waals surface area contributed by atoms with E-state index < -0.39 is 0 Å². The van der Waals surface area contributed by atoms with E-state index in [1.165, 1.54) is 42.6 Å². The number of rotatable bonds is 4. The monoisotopic (exact) mass is 294 g/mol. The van der Waals surface area contributed by atoms with Crippen LogP contribution in [0.1, 0.15) is 18.4 Å². The number of hydrogen-bond donors (Lipinski definition) is 0. The molecule has 2 aromatic rings. The summed E-state index contributed by atoms with van der Waals surface area (Å²) in [5.41, 5.74) is 3.99. The van der Waals surface area contributed by atoms with Gasteiger partial charge >= 0.3 is 0 Å². The first-order valence-corrected chi connectivity index (χ1v) is 8.25. The highest BCUT2D eigenvalue weighted by Gasteiger charge is 2.20. The van der Waals surface area contributed by atoms with Gasteiger partial charge in [-0.25, -0.2) is 0 Å². The van der Waals surface area contributed by atoms with Crippen molar-refractivity contribution in [2.45, 2.75) is 25.4 Å². The standard InChI is InChI=1S/C20H26N2/c1-21-14-12-20(13-15-21)22(2)16-17-8-10-19(11-9-17)18-6-4-3-5-7-18/h3-11,20H,12-16H2,1-2H3. The van der Waals surface area contributed by atoms with E-state index in [2.05, 4.69) is 78.5 Å². The van der Waals surface area contributed by atoms with E-state index in [4.69, 9.17) is 0 Å². The van der Waals surface area contributed by atoms with Crippen molar-refractivity contribution in [3.05, 3.63) is 60.2 Å². The fourth-order valence-electron chi connectivity index (χ4n) is 3.29. The predicted octanol–water partition coefficient (Wildman–Crippen LogP) is 3.88. The zero-order valence-electron chi connectivity index (χ0n) is 13.7. The van der Waals surface area contributed by atoms with Crippen molar-refractivity contribution >= 4 is 0 Å². The van der Waals surface area contributed by atoms with Crippen LogP contribution in [0, 0.1) is 0 Å². The van der Waals surface area contributed by atoms with Crippen LogP contribution in [0.3, 0.4) is 0 Å². The molecule has 1 aliphatic rings. The largest absolute Gasteiger partial charge is 0.306 e. The quantitative estimate of drug-likeness (QED) is 0.844. The molecule has 0 unspecified atom stereocenters. The Morgan fingerprint density at radius 3 is 2.14 bits per heavy atom. The summed E-state index contributed by atoms with van der Waals surface area (Å²) in [7, 11) is 4.49. The molecule has 0 bridgehead atoms. The summed E-state index contributed by atoms with van der Waals surface area (Å²) < 4.78 is 0. The summed E-state index contributed by atoms with van der Waals surface area (Å²) in [5.74, 6) is 0. The Kier molecular flexibility index (Phi) is 4.91. The lowest BCUT2D eigenvalue weighted by Gasteiger charge is -2.35. The van der Waals surface area contributed by atoms with Crippen LogP contribution in [0.5, 0.6) is 0 Å². The third-order valence-corrected chi connectivity index (χ3v) is 4.80. The molecule has 0 saturated carbocycles. The van der Waals surface area contributed by atoms with Gasteiger partial charge in [0.2, 0.25) is 0 Å². The second-order valence-corrected chi connectivity index (χ2v) is 6.51. The highest BCUT2D eigenvalue weighted by Crippen LogP contribution is 2.21. The number of hydrogen-bond acceptors (Lipinski definition) is 2. The molecule has 2 aromatic carbocycles. The molecular formula is C20H26N2. The number of nitrogens with zero attached hydrogens (tertiary/aromatic N) is 2. The summed E-state index contributed by atoms with van der Waals surface area (Å²) in [6.45, 7) is 3.49. The summed E-state index contributed by atoms with van der Waals surface area (Å²) in [6, 6.07) is 20.3. The Morgan fingerprint density at radius 1 is 0.909 bits per heavy atom. The molecule has 0 radical (unpaired) electrons. The van der Waals surface area contributed by atoms with E-state index >= 15 is 0 Å². The molecule has 0 aliphatic carbocycles. The van der Waals surface area contributed by atoms with Gasteiger partial charge in [0.25, 0.3) is 0 Å². The number of piperidine rings is 1. The average molecular weight is 294 g/mol. The van der Waals surface area contributed by atoms with Gasteiger partial charge in [0.05, 0.1) is 0 Å². The van der Waals surface area contributed by atoms with Gasteiger partial charge in [-0.3, -0.25) is 4.90 Å². The van der Waals surface area contributed by atoms with Crippen molar-refractivity contribution in [2.24, 2.45) is 0 Å². The van der Waals surface area contributed by atoms with Gasteiger partial charge in [0, 0.05) is 12.6 Å². The number of benzene rings is 2. The summed E-state index contributed by atoms with van der Waals surface area (Å²) in [4.78, 5) is 4.95. The van der Waals surface area contributed by atoms with Gasteiger partial charge < -0.3 is 4.90 Å². The van der Waals surface area contributed by atoms with Crippen molar-refractivity contribution < 1.29 is 0 Å². The molecule has 1 heterocycles. The van der Waals surface area contributed by atoms with Crippen LogP contribution in [0.25, 0.3) is 11.1 Å². The molecule has 1 aliphatic heterocycles. The van der Waals surface area contributed by atoms with E-state index in [0.717, 1.165) is 12.6 Å². The maximum atomic E-state index is 2.52. The van der Waals surface area contributed by atoms with Crippen molar-refractivity contribution in [1.29, 1.82) is 0 Å².